The van der Waals surface area contributed by atoms with Gasteiger partial charge in [0.2, 0.25) is 17.5 Å². The van der Waals surface area contributed by atoms with Crippen LogP contribution in [0.4, 0.5) is 13.2 Å². The third-order valence-corrected chi connectivity index (χ3v) is 4.93. The van der Waals surface area contributed by atoms with Crippen molar-refractivity contribution in [3.8, 4) is 11.3 Å². The number of halogens is 3. The first-order chi connectivity index (χ1) is 14.8. The van der Waals surface area contributed by atoms with Gasteiger partial charge in [-0.05, 0) is 19.8 Å². The van der Waals surface area contributed by atoms with Gasteiger partial charge in [0.15, 0.2) is 0 Å². The molecule has 2 heterocycles. The Kier molecular flexibility index (Phi) is 5.77. The highest BCUT2D eigenvalue weighted by atomic mass is 19.4. The summed E-state index contributed by atoms with van der Waals surface area (Å²) in [5, 5.41) is 14.4. The van der Waals surface area contributed by atoms with Crippen molar-refractivity contribution in [1.82, 2.24) is 20.7 Å². The molecule has 2 aromatic heterocycles. The summed E-state index contributed by atoms with van der Waals surface area (Å²) < 4.78 is 52.0. The summed E-state index contributed by atoms with van der Waals surface area (Å²) in [5.41, 5.74) is 1.41. The minimum Gasteiger partial charge on any atom is -0.422 e. The molecule has 1 atom stereocenters. The zero-order valence-corrected chi connectivity index (χ0v) is 16.4. The van der Waals surface area contributed by atoms with Gasteiger partial charge in [0, 0.05) is 23.6 Å². The molecule has 4 rings (SSSR count). The molecule has 1 N–H and O–H groups in total. The topological polar surface area (TPSA) is 103 Å². The number of alkyl halides is 3. The standard InChI is InChI=1S/C20H19F3N4O4/c1-11(29-10-20(21,22)23)18-25-26-19(30-18)13-7-14(8-13)24-17(28)16-9-15(27-31-16)12-5-3-2-4-6-12/h2-6,9,11,13-14H,7-8,10H2,1H3,(H,24,28)/t11-,13?,14?/m1/s1. The van der Waals surface area contributed by atoms with Crippen LogP contribution in [0.15, 0.2) is 45.3 Å². The summed E-state index contributed by atoms with van der Waals surface area (Å²) in [5.74, 6) is -0.0525. The summed E-state index contributed by atoms with van der Waals surface area (Å²) in [7, 11) is 0. The normalized spacial score (nSPS) is 19.6. The van der Waals surface area contributed by atoms with E-state index in [4.69, 9.17) is 13.7 Å². The van der Waals surface area contributed by atoms with Crippen molar-refractivity contribution < 1.29 is 31.6 Å². The van der Waals surface area contributed by atoms with Crippen LogP contribution in [-0.2, 0) is 4.74 Å². The molecule has 3 aromatic rings. The summed E-state index contributed by atoms with van der Waals surface area (Å²) in [6.45, 7) is 0.0188. The number of carbonyl (C=O) groups is 1. The number of hydrogen-bond acceptors (Lipinski definition) is 7. The van der Waals surface area contributed by atoms with Gasteiger partial charge in [-0.15, -0.1) is 10.2 Å². The molecule has 0 spiro atoms. The van der Waals surface area contributed by atoms with Crippen molar-refractivity contribution in [3.05, 3.63) is 53.9 Å². The van der Waals surface area contributed by atoms with Gasteiger partial charge in [-0.3, -0.25) is 4.79 Å². The number of hydrogen-bond donors (Lipinski definition) is 1. The van der Waals surface area contributed by atoms with Crippen LogP contribution >= 0.6 is 0 Å². The second kappa shape index (κ2) is 8.50. The van der Waals surface area contributed by atoms with Crippen LogP contribution < -0.4 is 5.32 Å². The van der Waals surface area contributed by atoms with E-state index in [1.54, 1.807) is 6.07 Å². The molecule has 1 fully saturated rings. The number of nitrogens with one attached hydrogen (secondary N) is 1. The van der Waals surface area contributed by atoms with E-state index in [0.717, 1.165) is 5.56 Å². The van der Waals surface area contributed by atoms with Gasteiger partial charge in [0.1, 0.15) is 18.4 Å². The largest absolute Gasteiger partial charge is 0.422 e. The highest BCUT2D eigenvalue weighted by Crippen LogP contribution is 2.37. The van der Waals surface area contributed by atoms with Crippen LogP contribution in [0.25, 0.3) is 11.3 Å². The van der Waals surface area contributed by atoms with Crippen molar-refractivity contribution in [2.75, 3.05) is 6.61 Å². The first-order valence-corrected chi connectivity index (χ1v) is 9.63. The van der Waals surface area contributed by atoms with Crippen molar-refractivity contribution in [2.24, 2.45) is 0 Å². The molecule has 1 amide bonds. The zero-order valence-electron chi connectivity index (χ0n) is 16.4. The van der Waals surface area contributed by atoms with E-state index in [2.05, 4.69) is 20.7 Å². The van der Waals surface area contributed by atoms with Crippen LogP contribution in [0.3, 0.4) is 0 Å². The molecule has 11 heteroatoms. The first kappa shape index (κ1) is 21.0. The zero-order chi connectivity index (χ0) is 22.0. The summed E-state index contributed by atoms with van der Waals surface area (Å²) >= 11 is 0. The van der Waals surface area contributed by atoms with Gasteiger partial charge in [-0.25, -0.2) is 0 Å². The lowest BCUT2D eigenvalue weighted by atomic mass is 9.80. The maximum Gasteiger partial charge on any atom is 0.411 e. The summed E-state index contributed by atoms with van der Waals surface area (Å²) in [4.78, 5) is 12.4. The summed E-state index contributed by atoms with van der Waals surface area (Å²) in [6, 6.07) is 10.8. The van der Waals surface area contributed by atoms with Crippen LogP contribution in [0.5, 0.6) is 0 Å². The van der Waals surface area contributed by atoms with E-state index in [9.17, 15) is 18.0 Å². The predicted octanol–water partition coefficient (Wildman–Crippen LogP) is 4.04. The molecule has 0 bridgehead atoms. The van der Waals surface area contributed by atoms with E-state index < -0.39 is 18.9 Å². The molecule has 0 saturated heterocycles. The molecule has 1 aromatic carbocycles. The van der Waals surface area contributed by atoms with Crippen molar-refractivity contribution >= 4 is 5.91 Å². The van der Waals surface area contributed by atoms with E-state index in [-0.39, 0.29) is 29.5 Å². The minimum atomic E-state index is -4.43. The molecule has 1 saturated carbocycles. The molecule has 8 nitrogen and oxygen atoms in total. The highest BCUT2D eigenvalue weighted by molar-refractivity contribution is 5.92. The van der Waals surface area contributed by atoms with Crippen LogP contribution in [-0.4, -0.2) is 40.1 Å². The number of rotatable bonds is 7. The Bertz CT molecular complexity index is 1030. The van der Waals surface area contributed by atoms with Crippen molar-refractivity contribution in [1.29, 1.82) is 0 Å². The molecule has 31 heavy (non-hydrogen) atoms. The molecular weight excluding hydrogens is 417 g/mol. The smallest absolute Gasteiger partial charge is 0.411 e. The Labute approximate surface area is 174 Å². The Morgan fingerprint density at radius 2 is 2.00 bits per heavy atom. The van der Waals surface area contributed by atoms with E-state index >= 15 is 0 Å². The van der Waals surface area contributed by atoms with Crippen LogP contribution in [0.1, 0.15) is 54.1 Å². The lowest BCUT2D eigenvalue weighted by Gasteiger charge is -2.33. The fraction of sp³-hybridized carbons (Fsp3) is 0.400. The lowest BCUT2D eigenvalue weighted by Crippen LogP contribution is -2.43. The molecule has 1 aliphatic carbocycles. The third kappa shape index (κ3) is 5.10. The van der Waals surface area contributed by atoms with Gasteiger partial charge in [0.25, 0.3) is 5.91 Å². The molecular formula is C20H19F3N4O4. The maximum atomic E-state index is 12.4. The highest BCUT2D eigenvalue weighted by Gasteiger charge is 2.36. The van der Waals surface area contributed by atoms with Gasteiger partial charge in [-0.2, -0.15) is 13.2 Å². The summed E-state index contributed by atoms with van der Waals surface area (Å²) in [6.07, 6.45) is -4.28. The molecule has 164 valence electrons. The molecule has 0 unspecified atom stereocenters. The number of aromatic nitrogens is 3. The predicted molar refractivity (Wildman–Crippen MR) is 99.9 cm³/mol. The fourth-order valence-corrected chi connectivity index (χ4v) is 3.19. The minimum absolute atomic E-state index is 0.0122. The lowest BCUT2D eigenvalue weighted by molar-refractivity contribution is -0.186. The molecule has 0 aliphatic heterocycles. The second-order valence-electron chi connectivity index (χ2n) is 7.33. The Morgan fingerprint density at radius 3 is 2.71 bits per heavy atom. The Morgan fingerprint density at radius 1 is 1.26 bits per heavy atom. The molecule has 0 radical (unpaired) electrons. The van der Waals surface area contributed by atoms with E-state index in [1.165, 1.54) is 6.92 Å². The van der Waals surface area contributed by atoms with Gasteiger partial charge >= 0.3 is 6.18 Å². The van der Waals surface area contributed by atoms with Crippen molar-refractivity contribution in [3.63, 3.8) is 0 Å². The number of ether oxygens (including phenoxy) is 1. The monoisotopic (exact) mass is 436 g/mol. The van der Waals surface area contributed by atoms with Gasteiger partial charge < -0.3 is 19.0 Å². The van der Waals surface area contributed by atoms with Crippen molar-refractivity contribution in [2.45, 2.75) is 44.0 Å². The number of carbonyl (C=O) groups excluding carboxylic acids is 1. The number of amides is 1. The van der Waals surface area contributed by atoms with E-state index in [0.29, 0.717) is 24.4 Å². The maximum absolute atomic E-state index is 12.4. The SMILES string of the molecule is C[C@@H](OCC(F)(F)F)c1nnc(C2CC(NC(=O)c3cc(-c4ccccc4)no3)C2)o1. The third-order valence-electron chi connectivity index (χ3n) is 4.93. The quantitative estimate of drug-likeness (QED) is 0.596. The van der Waals surface area contributed by atoms with Gasteiger partial charge in [-0.1, -0.05) is 35.5 Å². The Hall–Kier alpha value is -3.21. The first-order valence-electron chi connectivity index (χ1n) is 9.63. The Balaban J connectivity index is 1.27. The number of benzene rings is 1. The average molecular weight is 436 g/mol. The second-order valence-corrected chi connectivity index (χ2v) is 7.33. The fourth-order valence-electron chi connectivity index (χ4n) is 3.19. The van der Waals surface area contributed by atoms with Gasteiger partial charge in [0.05, 0.1) is 0 Å². The van der Waals surface area contributed by atoms with Crippen LogP contribution in [0.2, 0.25) is 0 Å². The average Bonchev–Trinajstić information content (AvgIpc) is 3.38. The van der Waals surface area contributed by atoms with E-state index in [1.807, 2.05) is 30.3 Å². The molecule has 1 aliphatic rings. The number of nitrogens with zero attached hydrogens (tertiary/aromatic N) is 3. The van der Waals surface area contributed by atoms with Crippen LogP contribution in [0, 0.1) is 0 Å².